The van der Waals surface area contributed by atoms with Crippen molar-refractivity contribution in [3.63, 3.8) is 0 Å². The quantitative estimate of drug-likeness (QED) is 0.928. The van der Waals surface area contributed by atoms with E-state index in [4.69, 9.17) is 16.4 Å². The Labute approximate surface area is 124 Å². The zero-order valence-electron chi connectivity index (χ0n) is 11.9. The maximum absolute atomic E-state index is 12.2. The molecule has 0 unspecified atom stereocenters. The zero-order valence-corrected chi connectivity index (χ0v) is 12.7. The number of carbonyl (C=O) groups is 1. The normalized spacial score (nSPS) is 21.6. The molecule has 2 rings (SSSR count). The third kappa shape index (κ3) is 3.12. The molecule has 1 atom stereocenters. The molecule has 1 N–H and O–H groups in total. The molecule has 4 nitrogen and oxygen atoms in total. The van der Waals surface area contributed by atoms with Crippen molar-refractivity contribution in [1.29, 1.82) is 0 Å². The monoisotopic (exact) mass is 294 g/mol. The molecule has 1 aromatic rings. The molecule has 5 heteroatoms. The summed E-state index contributed by atoms with van der Waals surface area (Å²) < 4.78 is 0. The Balaban J connectivity index is 2.07. The van der Waals surface area contributed by atoms with Gasteiger partial charge in [-0.3, -0.25) is 4.79 Å². The third-order valence-electron chi connectivity index (χ3n) is 3.20. The second kappa shape index (κ2) is 5.83. The van der Waals surface area contributed by atoms with Crippen molar-refractivity contribution in [2.24, 2.45) is 11.1 Å². The van der Waals surface area contributed by atoms with Gasteiger partial charge < -0.3 is 10.2 Å². The van der Waals surface area contributed by atoms with Gasteiger partial charge in [0.05, 0.1) is 5.71 Å². The number of nitrogens with zero attached hydrogens (tertiary/aromatic N) is 1. The van der Waals surface area contributed by atoms with Crippen LogP contribution >= 0.6 is 11.6 Å². The average Bonchev–Trinajstić information content (AvgIpc) is 2.80. The van der Waals surface area contributed by atoms with Crippen molar-refractivity contribution in [2.75, 3.05) is 6.54 Å². The molecule has 0 aliphatic carbocycles. The van der Waals surface area contributed by atoms with E-state index in [0.717, 1.165) is 5.56 Å². The number of oxime groups is 1. The van der Waals surface area contributed by atoms with E-state index in [9.17, 15) is 4.79 Å². The van der Waals surface area contributed by atoms with E-state index in [2.05, 4.69) is 10.5 Å². The van der Waals surface area contributed by atoms with Gasteiger partial charge in [-0.1, -0.05) is 48.8 Å². The molecule has 0 saturated carbocycles. The van der Waals surface area contributed by atoms with Gasteiger partial charge in [0.2, 0.25) is 5.60 Å². The molecule has 0 radical (unpaired) electrons. The van der Waals surface area contributed by atoms with Gasteiger partial charge in [-0.05, 0) is 18.9 Å². The number of hydrogen-bond donors (Lipinski definition) is 1. The van der Waals surface area contributed by atoms with Crippen LogP contribution in [-0.2, 0) is 9.63 Å². The highest BCUT2D eigenvalue weighted by atomic mass is 35.5. The van der Waals surface area contributed by atoms with E-state index < -0.39 is 5.60 Å². The van der Waals surface area contributed by atoms with Crippen LogP contribution in [-0.4, -0.2) is 23.8 Å². The molecule has 1 aliphatic heterocycles. The number of carbonyl (C=O) groups excluding carboxylic acids is 1. The number of halogens is 1. The maximum Gasteiger partial charge on any atom is 0.267 e. The Bertz CT molecular complexity index is 542. The van der Waals surface area contributed by atoms with Crippen LogP contribution in [0.1, 0.15) is 32.8 Å². The molecule has 108 valence electrons. The molecule has 0 saturated heterocycles. The molecule has 0 spiro atoms. The summed E-state index contributed by atoms with van der Waals surface area (Å²) in [4.78, 5) is 17.6. The van der Waals surface area contributed by atoms with Crippen LogP contribution in [0.5, 0.6) is 0 Å². The van der Waals surface area contributed by atoms with Crippen LogP contribution in [0.2, 0.25) is 5.02 Å². The summed E-state index contributed by atoms with van der Waals surface area (Å²) in [6.45, 7) is 6.46. The van der Waals surface area contributed by atoms with Gasteiger partial charge in [0.1, 0.15) is 0 Å². The lowest BCUT2D eigenvalue weighted by Gasteiger charge is -2.21. The highest BCUT2D eigenvalue weighted by Gasteiger charge is 2.42. The van der Waals surface area contributed by atoms with Gasteiger partial charge in [0.15, 0.2) is 0 Å². The van der Waals surface area contributed by atoms with E-state index >= 15 is 0 Å². The number of benzene rings is 1. The van der Waals surface area contributed by atoms with Gasteiger partial charge in [0, 0.05) is 23.6 Å². The van der Waals surface area contributed by atoms with Gasteiger partial charge in [-0.25, -0.2) is 0 Å². The first-order chi connectivity index (χ1) is 9.42. The van der Waals surface area contributed by atoms with E-state index in [1.165, 1.54) is 0 Å². The van der Waals surface area contributed by atoms with Crippen molar-refractivity contribution in [3.05, 3.63) is 34.9 Å². The molecular weight excluding hydrogens is 276 g/mol. The number of hydrogen-bond acceptors (Lipinski definition) is 3. The minimum atomic E-state index is -0.955. The van der Waals surface area contributed by atoms with E-state index in [-0.39, 0.29) is 5.91 Å². The first-order valence-electron chi connectivity index (χ1n) is 6.70. The molecule has 1 heterocycles. The van der Waals surface area contributed by atoms with E-state index in [0.29, 0.717) is 29.6 Å². The maximum atomic E-state index is 12.2. The third-order valence-corrected chi connectivity index (χ3v) is 3.53. The summed E-state index contributed by atoms with van der Waals surface area (Å²) in [5.41, 5.74) is 0.566. The minimum absolute atomic E-state index is 0.142. The van der Waals surface area contributed by atoms with Gasteiger partial charge in [-0.2, -0.15) is 0 Å². The summed E-state index contributed by atoms with van der Waals surface area (Å²) in [7, 11) is 0. The number of rotatable bonds is 4. The summed E-state index contributed by atoms with van der Waals surface area (Å²) in [5, 5.41) is 7.53. The van der Waals surface area contributed by atoms with Crippen molar-refractivity contribution >= 4 is 23.2 Å². The second-order valence-electron chi connectivity index (χ2n) is 5.62. The highest BCUT2D eigenvalue weighted by molar-refractivity contribution is 6.34. The lowest BCUT2D eigenvalue weighted by molar-refractivity contribution is -0.141. The standard InChI is InChI=1S/C15H19ClN2O2/c1-10(2)9-17-14(19)15(3)8-13(18-20-15)11-6-4-5-7-12(11)16/h4-7,10H,8-9H2,1-3H3,(H,17,19)/t15-/m1/s1. The topological polar surface area (TPSA) is 50.7 Å². The Morgan fingerprint density at radius 3 is 2.85 bits per heavy atom. The second-order valence-corrected chi connectivity index (χ2v) is 6.03. The van der Waals surface area contributed by atoms with Crippen molar-refractivity contribution < 1.29 is 9.63 Å². The summed E-state index contributed by atoms with van der Waals surface area (Å²) in [6, 6.07) is 7.42. The van der Waals surface area contributed by atoms with E-state index in [1.54, 1.807) is 13.0 Å². The summed E-state index contributed by atoms with van der Waals surface area (Å²) in [5.74, 6) is 0.255. The Hall–Kier alpha value is -1.55. The minimum Gasteiger partial charge on any atom is -0.379 e. The summed E-state index contributed by atoms with van der Waals surface area (Å²) in [6.07, 6.45) is 0.417. The lowest BCUT2D eigenvalue weighted by Crippen LogP contribution is -2.45. The van der Waals surface area contributed by atoms with Gasteiger partial charge >= 0.3 is 0 Å². The fourth-order valence-corrected chi connectivity index (χ4v) is 2.23. The SMILES string of the molecule is CC(C)CNC(=O)[C@@]1(C)CC(c2ccccc2Cl)=NO1. The smallest absolute Gasteiger partial charge is 0.267 e. The van der Waals surface area contributed by atoms with Crippen molar-refractivity contribution in [1.82, 2.24) is 5.32 Å². The van der Waals surface area contributed by atoms with Gasteiger partial charge in [-0.15, -0.1) is 0 Å². The van der Waals surface area contributed by atoms with Crippen LogP contribution in [0, 0.1) is 5.92 Å². The Morgan fingerprint density at radius 1 is 1.50 bits per heavy atom. The predicted octanol–water partition coefficient (Wildman–Crippen LogP) is 3.00. The van der Waals surface area contributed by atoms with E-state index in [1.807, 2.05) is 32.0 Å². The fraction of sp³-hybridized carbons (Fsp3) is 0.467. The Kier molecular flexibility index (Phi) is 4.33. The first-order valence-corrected chi connectivity index (χ1v) is 7.08. The molecule has 0 fully saturated rings. The fourth-order valence-electron chi connectivity index (χ4n) is 1.99. The molecular formula is C15H19ClN2O2. The largest absolute Gasteiger partial charge is 0.379 e. The molecule has 1 aliphatic rings. The molecule has 1 amide bonds. The van der Waals surface area contributed by atoms with Crippen LogP contribution in [0.4, 0.5) is 0 Å². The van der Waals surface area contributed by atoms with Crippen molar-refractivity contribution in [2.45, 2.75) is 32.8 Å². The first kappa shape index (κ1) is 14.9. The van der Waals surface area contributed by atoms with Crippen LogP contribution in [0.15, 0.2) is 29.4 Å². The van der Waals surface area contributed by atoms with Crippen LogP contribution in [0.25, 0.3) is 0 Å². The molecule has 0 bridgehead atoms. The zero-order chi connectivity index (χ0) is 14.8. The predicted molar refractivity (Wildman–Crippen MR) is 79.9 cm³/mol. The van der Waals surface area contributed by atoms with Gasteiger partial charge in [0.25, 0.3) is 5.91 Å². The van der Waals surface area contributed by atoms with Crippen molar-refractivity contribution in [3.8, 4) is 0 Å². The molecule has 20 heavy (non-hydrogen) atoms. The highest BCUT2D eigenvalue weighted by Crippen LogP contribution is 2.29. The average molecular weight is 295 g/mol. The summed E-state index contributed by atoms with van der Waals surface area (Å²) >= 11 is 6.14. The molecule has 1 aromatic carbocycles. The van der Waals surface area contributed by atoms with Crippen LogP contribution < -0.4 is 5.32 Å². The lowest BCUT2D eigenvalue weighted by atomic mass is 9.95. The number of amides is 1. The molecule has 0 aromatic heterocycles. The number of nitrogens with one attached hydrogen (secondary N) is 1. The van der Waals surface area contributed by atoms with Crippen LogP contribution in [0.3, 0.4) is 0 Å². The Morgan fingerprint density at radius 2 is 2.20 bits per heavy atom.